The zero-order valence-electron chi connectivity index (χ0n) is 12.6. The van der Waals surface area contributed by atoms with Gasteiger partial charge < -0.3 is 19.7 Å². The molecular weight excluding hydrogens is 268 g/mol. The van der Waals surface area contributed by atoms with Crippen LogP contribution in [0.1, 0.15) is 24.5 Å². The summed E-state index contributed by atoms with van der Waals surface area (Å²) in [5, 5.41) is 3.09. The Kier molecular flexibility index (Phi) is 4.01. The number of methoxy groups -OCH3 is 1. The molecule has 3 rings (SSSR count). The first-order valence-electron chi connectivity index (χ1n) is 7.51. The summed E-state index contributed by atoms with van der Waals surface area (Å²) in [5.41, 5.74) is 2.40. The quantitative estimate of drug-likeness (QED) is 0.905. The third-order valence-corrected chi connectivity index (χ3v) is 4.42. The predicted molar refractivity (Wildman–Crippen MR) is 79.5 cm³/mol. The van der Waals surface area contributed by atoms with Crippen LogP contribution in [0.4, 0.5) is 4.79 Å². The number of benzene rings is 1. The van der Waals surface area contributed by atoms with Gasteiger partial charge in [0.1, 0.15) is 5.75 Å². The average Bonchev–Trinajstić information content (AvgIpc) is 2.91. The van der Waals surface area contributed by atoms with E-state index in [1.54, 1.807) is 7.11 Å². The lowest BCUT2D eigenvalue weighted by Gasteiger charge is -2.31. The van der Waals surface area contributed by atoms with Crippen molar-refractivity contribution in [3.8, 4) is 5.75 Å². The number of hydrogen-bond donors (Lipinski definition) is 1. The molecule has 21 heavy (non-hydrogen) atoms. The molecule has 0 spiro atoms. The highest BCUT2D eigenvalue weighted by molar-refractivity contribution is 5.75. The molecule has 1 N–H and O–H groups in total. The maximum Gasteiger partial charge on any atom is 0.318 e. The summed E-state index contributed by atoms with van der Waals surface area (Å²) in [6, 6.07) is 6.16. The molecule has 5 heteroatoms. The summed E-state index contributed by atoms with van der Waals surface area (Å²) < 4.78 is 10.9. The number of nitrogens with one attached hydrogen (secondary N) is 1. The molecule has 0 bridgehead atoms. The van der Waals surface area contributed by atoms with Gasteiger partial charge in [-0.2, -0.15) is 0 Å². The number of carbonyl (C=O) groups excluding carboxylic acids is 1. The van der Waals surface area contributed by atoms with Crippen molar-refractivity contribution in [2.75, 3.05) is 20.3 Å². The van der Waals surface area contributed by atoms with Crippen LogP contribution in [-0.2, 0) is 17.7 Å². The number of nitrogens with zero attached hydrogens (tertiary/aromatic N) is 1. The van der Waals surface area contributed by atoms with Crippen molar-refractivity contribution in [3.63, 3.8) is 0 Å². The Morgan fingerprint density at radius 3 is 3.05 bits per heavy atom. The number of rotatable bonds is 2. The fourth-order valence-electron chi connectivity index (χ4n) is 3.11. The van der Waals surface area contributed by atoms with Crippen LogP contribution < -0.4 is 10.1 Å². The number of fused-ring (bicyclic) bond motifs is 1. The Morgan fingerprint density at radius 1 is 1.48 bits per heavy atom. The van der Waals surface area contributed by atoms with E-state index in [0.29, 0.717) is 6.54 Å². The highest BCUT2D eigenvalue weighted by Crippen LogP contribution is 2.27. The van der Waals surface area contributed by atoms with Gasteiger partial charge in [-0.1, -0.05) is 12.1 Å². The summed E-state index contributed by atoms with van der Waals surface area (Å²) in [4.78, 5) is 14.3. The van der Waals surface area contributed by atoms with Gasteiger partial charge in [0.2, 0.25) is 0 Å². The molecule has 1 aromatic carbocycles. The molecule has 5 nitrogen and oxygen atoms in total. The topological polar surface area (TPSA) is 50.8 Å². The Bertz CT molecular complexity index is 532. The lowest BCUT2D eigenvalue weighted by Crippen LogP contribution is -2.48. The van der Waals surface area contributed by atoms with Gasteiger partial charge in [0.15, 0.2) is 0 Å². The van der Waals surface area contributed by atoms with Crippen molar-refractivity contribution in [2.45, 2.75) is 38.5 Å². The van der Waals surface area contributed by atoms with Crippen LogP contribution in [0.15, 0.2) is 18.2 Å². The minimum absolute atomic E-state index is 0.00539. The molecule has 0 aliphatic carbocycles. The van der Waals surface area contributed by atoms with Gasteiger partial charge in [0, 0.05) is 25.3 Å². The van der Waals surface area contributed by atoms with Crippen molar-refractivity contribution in [3.05, 3.63) is 29.3 Å². The molecule has 2 atom stereocenters. The van der Waals surface area contributed by atoms with Gasteiger partial charge in [-0.15, -0.1) is 0 Å². The first kappa shape index (κ1) is 14.2. The van der Waals surface area contributed by atoms with Crippen LogP contribution in [0.2, 0.25) is 0 Å². The third-order valence-electron chi connectivity index (χ3n) is 4.42. The van der Waals surface area contributed by atoms with Crippen LogP contribution >= 0.6 is 0 Å². The van der Waals surface area contributed by atoms with Crippen LogP contribution in [0, 0.1) is 0 Å². The fraction of sp³-hybridized carbons (Fsp3) is 0.562. The van der Waals surface area contributed by atoms with E-state index in [1.807, 2.05) is 24.0 Å². The molecule has 1 saturated heterocycles. The molecule has 2 amide bonds. The van der Waals surface area contributed by atoms with E-state index in [2.05, 4.69) is 11.4 Å². The second kappa shape index (κ2) is 5.93. The van der Waals surface area contributed by atoms with Crippen molar-refractivity contribution < 1.29 is 14.3 Å². The van der Waals surface area contributed by atoms with Crippen LogP contribution in [0.3, 0.4) is 0 Å². The Hall–Kier alpha value is -1.75. The van der Waals surface area contributed by atoms with E-state index in [9.17, 15) is 4.79 Å². The average molecular weight is 290 g/mol. The van der Waals surface area contributed by atoms with E-state index < -0.39 is 0 Å². The fourth-order valence-corrected chi connectivity index (χ4v) is 3.11. The highest BCUT2D eigenvalue weighted by Gasteiger charge is 2.29. The summed E-state index contributed by atoms with van der Waals surface area (Å²) in [7, 11) is 1.69. The van der Waals surface area contributed by atoms with Gasteiger partial charge in [-0.25, -0.2) is 4.79 Å². The van der Waals surface area contributed by atoms with Gasteiger partial charge >= 0.3 is 6.03 Å². The molecule has 0 unspecified atom stereocenters. The van der Waals surface area contributed by atoms with Crippen molar-refractivity contribution >= 4 is 6.03 Å². The summed E-state index contributed by atoms with van der Waals surface area (Å²) in [5.74, 6) is 0.922. The molecule has 2 aliphatic heterocycles. The van der Waals surface area contributed by atoms with Crippen molar-refractivity contribution in [1.29, 1.82) is 0 Å². The maximum absolute atomic E-state index is 12.4. The van der Waals surface area contributed by atoms with E-state index in [1.165, 1.54) is 11.1 Å². The van der Waals surface area contributed by atoms with E-state index >= 15 is 0 Å². The zero-order chi connectivity index (χ0) is 14.8. The minimum atomic E-state index is 0.00539. The first-order valence-corrected chi connectivity index (χ1v) is 7.51. The number of urea groups is 1. The molecule has 1 aromatic rings. The smallest absolute Gasteiger partial charge is 0.318 e. The van der Waals surface area contributed by atoms with Crippen LogP contribution in [0.5, 0.6) is 5.75 Å². The van der Waals surface area contributed by atoms with Crippen molar-refractivity contribution in [1.82, 2.24) is 10.2 Å². The maximum atomic E-state index is 12.4. The Balaban J connectivity index is 1.67. The first-order chi connectivity index (χ1) is 10.2. The minimum Gasteiger partial charge on any atom is -0.496 e. The van der Waals surface area contributed by atoms with Gasteiger partial charge in [-0.05, 0) is 31.4 Å². The zero-order valence-corrected chi connectivity index (χ0v) is 12.6. The molecule has 0 aromatic heterocycles. The number of amides is 2. The van der Waals surface area contributed by atoms with Gasteiger partial charge in [0.05, 0.1) is 19.3 Å². The standard InChI is InChI=1S/C16H22N2O3/c1-11-14(7-9-21-11)17-16(19)18-8-6-13-12(10-18)4-3-5-15(13)20-2/h3-5,11,14H,6-10H2,1-2H3,(H,17,19)/t11-,14+/m1/s1. The van der Waals surface area contributed by atoms with Gasteiger partial charge in [-0.3, -0.25) is 0 Å². The largest absolute Gasteiger partial charge is 0.496 e. The molecule has 2 aliphatic rings. The number of ether oxygens (including phenoxy) is 2. The van der Waals surface area contributed by atoms with E-state index in [4.69, 9.17) is 9.47 Å². The van der Waals surface area contributed by atoms with Gasteiger partial charge in [0.25, 0.3) is 0 Å². The Labute approximate surface area is 125 Å². The molecule has 2 heterocycles. The van der Waals surface area contributed by atoms with Crippen molar-refractivity contribution in [2.24, 2.45) is 0 Å². The summed E-state index contributed by atoms with van der Waals surface area (Å²) in [6.45, 7) is 4.10. The van der Waals surface area contributed by atoms with Crippen LogP contribution in [0.25, 0.3) is 0 Å². The lowest BCUT2D eigenvalue weighted by atomic mass is 9.99. The third kappa shape index (κ3) is 2.83. The molecule has 114 valence electrons. The highest BCUT2D eigenvalue weighted by atomic mass is 16.5. The normalized spacial score (nSPS) is 24.6. The predicted octanol–water partition coefficient (Wildman–Crippen LogP) is 1.94. The second-order valence-electron chi connectivity index (χ2n) is 5.69. The second-order valence-corrected chi connectivity index (χ2v) is 5.69. The molecular formula is C16H22N2O3. The summed E-state index contributed by atoms with van der Waals surface area (Å²) >= 11 is 0. The van der Waals surface area contributed by atoms with Crippen LogP contribution in [-0.4, -0.2) is 43.3 Å². The molecule has 1 fully saturated rings. The summed E-state index contributed by atoms with van der Waals surface area (Å²) in [6.07, 6.45) is 1.83. The monoisotopic (exact) mass is 290 g/mol. The number of carbonyl (C=O) groups is 1. The van der Waals surface area contributed by atoms with E-state index in [0.717, 1.165) is 31.7 Å². The molecule has 0 saturated carbocycles. The number of hydrogen-bond acceptors (Lipinski definition) is 3. The lowest BCUT2D eigenvalue weighted by molar-refractivity contribution is 0.111. The Morgan fingerprint density at radius 2 is 2.33 bits per heavy atom. The SMILES string of the molecule is COc1cccc2c1CCN(C(=O)N[C@H]1CCO[C@@H]1C)C2. The van der Waals surface area contributed by atoms with E-state index in [-0.39, 0.29) is 18.2 Å². The molecule has 0 radical (unpaired) electrons.